The van der Waals surface area contributed by atoms with Gasteiger partial charge in [-0.15, -0.1) is 0 Å². The molecule has 2 atom stereocenters. The van der Waals surface area contributed by atoms with Crippen LogP contribution < -0.4 is 4.90 Å². The summed E-state index contributed by atoms with van der Waals surface area (Å²) in [5, 5.41) is 4.29. The number of rotatable bonds is 3. The first-order valence-corrected chi connectivity index (χ1v) is 8.12. The van der Waals surface area contributed by atoms with Gasteiger partial charge < -0.3 is 4.90 Å². The van der Waals surface area contributed by atoms with Crippen LogP contribution in [0.5, 0.6) is 0 Å². The van der Waals surface area contributed by atoms with Gasteiger partial charge in [0, 0.05) is 56.2 Å². The number of aromatic nitrogens is 3. The number of fused-ring (bicyclic) bond motifs is 1. The lowest BCUT2D eigenvalue weighted by Gasteiger charge is -2.26. The maximum absolute atomic E-state index is 4.72. The van der Waals surface area contributed by atoms with Crippen molar-refractivity contribution >= 4 is 5.82 Å². The van der Waals surface area contributed by atoms with E-state index >= 15 is 0 Å². The topological polar surface area (TPSA) is 37.2 Å². The zero-order chi connectivity index (χ0) is 15.1. The van der Waals surface area contributed by atoms with Crippen molar-refractivity contribution in [1.82, 2.24) is 19.7 Å². The lowest BCUT2D eigenvalue weighted by molar-refractivity contribution is 0.246. The van der Waals surface area contributed by atoms with Crippen LogP contribution >= 0.6 is 0 Å². The Kier molecular flexibility index (Phi) is 3.37. The molecule has 5 heteroatoms. The molecule has 2 aromatic heterocycles. The minimum atomic E-state index is 0.617. The van der Waals surface area contributed by atoms with Crippen molar-refractivity contribution in [2.75, 3.05) is 18.0 Å². The summed E-state index contributed by atoms with van der Waals surface area (Å²) in [5.74, 6) is 1.15. The molecule has 2 aliphatic heterocycles. The standard InChI is InChI=1S/C17H23N5/c1-13-4-3-5-17(19-13)22-9-7-15-16(22)6-8-21(15)12-14-10-18-20(2)11-14/h3-5,10-11,15-16H,6-9,12H2,1-2H3. The molecule has 0 aliphatic carbocycles. The van der Waals surface area contributed by atoms with E-state index in [0.717, 1.165) is 24.6 Å². The van der Waals surface area contributed by atoms with Gasteiger partial charge in [-0.3, -0.25) is 9.58 Å². The second-order valence-electron chi connectivity index (χ2n) is 6.54. The predicted molar refractivity (Wildman–Crippen MR) is 86.7 cm³/mol. The molecule has 5 nitrogen and oxygen atoms in total. The highest BCUT2D eigenvalue weighted by atomic mass is 15.3. The van der Waals surface area contributed by atoms with Crippen molar-refractivity contribution in [1.29, 1.82) is 0 Å². The third kappa shape index (κ3) is 2.39. The average molecular weight is 297 g/mol. The molecule has 0 aromatic carbocycles. The number of nitrogens with zero attached hydrogens (tertiary/aromatic N) is 5. The lowest BCUT2D eigenvalue weighted by atomic mass is 10.1. The molecule has 0 N–H and O–H groups in total. The van der Waals surface area contributed by atoms with Gasteiger partial charge in [-0.05, 0) is 31.9 Å². The van der Waals surface area contributed by atoms with Crippen LogP contribution in [0.25, 0.3) is 0 Å². The first-order valence-electron chi connectivity index (χ1n) is 8.12. The minimum absolute atomic E-state index is 0.617. The Morgan fingerprint density at radius 2 is 2.05 bits per heavy atom. The smallest absolute Gasteiger partial charge is 0.129 e. The number of hydrogen-bond acceptors (Lipinski definition) is 4. The van der Waals surface area contributed by atoms with Gasteiger partial charge >= 0.3 is 0 Å². The Labute approximate surface area is 131 Å². The third-order valence-electron chi connectivity index (χ3n) is 5.00. The van der Waals surface area contributed by atoms with Gasteiger partial charge in [-0.2, -0.15) is 5.10 Å². The fraction of sp³-hybridized carbons (Fsp3) is 0.529. The molecular formula is C17H23N5. The van der Waals surface area contributed by atoms with Gasteiger partial charge in [0.05, 0.1) is 6.20 Å². The highest BCUT2D eigenvalue weighted by Crippen LogP contribution is 2.35. The van der Waals surface area contributed by atoms with E-state index < -0.39 is 0 Å². The molecule has 2 fully saturated rings. The maximum Gasteiger partial charge on any atom is 0.129 e. The molecule has 4 heterocycles. The van der Waals surface area contributed by atoms with E-state index in [1.807, 2.05) is 17.9 Å². The quantitative estimate of drug-likeness (QED) is 0.868. The van der Waals surface area contributed by atoms with Gasteiger partial charge in [0.25, 0.3) is 0 Å². The highest BCUT2D eigenvalue weighted by Gasteiger charge is 2.42. The van der Waals surface area contributed by atoms with E-state index in [0.29, 0.717) is 12.1 Å². The number of aryl methyl sites for hydroxylation is 2. The van der Waals surface area contributed by atoms with Crippen LogP contribution in [0.1, 0.15) is 24.1 Å². The van der Waals surface area contributed by atoms with Gasteiger partial charge in [0.15, 0.2) is 0 Å². The summed E-state index contributed by atoms with van der Waals surface area (Å²) in [6.07, 6.45) is 6.59. The Hall–Kier alpha value is -1.88. The molecule has 4 rings (SSSR count). The van der Waals surface area contributed by atoms with E-state index in [9.17, 15) is 0 Å². The molecule has 2 unspecified atom stereocenters. The lowest BCUT2D eigenvalue weighted by Crippen LogP contribution is -2.36. The third-order valence-corrected chi connectivity index (χ3v) is 5.00. The van der Waals surface area contributed by atoms with E-state index in [-0.39, 0.29) is 0 Å². The number of hydrogen-bond donors (Lipinski definition) is 0. The number of pyridine rings is 1. The van der Waals surface area contributed by atoms with E-state index in [1.54, 1.807) is 0 Å². The van der Waals surface area contributed by atoms with Gasteiger partial charge in [0.1, 0.15) is 5.82 Å². The first kappa shape index (κ1) is 13.8. The van der Waals surface area contributed by atoms with E-state index in [1.165, 1.54) is 24.9 Å². The molecule has 0 amide bonds. The second kappa shape index (κ2) is 5.39. The van der Waals surface area contributed by atoms with Crippen LogP contribution in [0.15, 0.2) is 30.6 Å². The summed E-state index contributed by atoms with van der Waals surface area (Å²) in [4.78, 5) is 9.86. The molecule has 2 aliphatic rings. The minimum Gasteiger partial charge on any atom is -0.352 e. The van der Waals surface area contributed by atoms with Crippen LogP contribution in [0.4, 0.5) is 5.82 Å². The van der Waals surface area contributed by atoms with Gasteiger partial charge in [0.2, 0.25) is 0 Å². The van der Waals surface area contributed by atoms with Gasteiger partial charge in [-0.1, -0.05) is 6.07 Å². The molecule has 0 bridgehead atoms. The fourth-order valence-electron chi connectivity index (χ4n) is 4.03. The van der Waals surface area contributed by atoms with Crippen molar-refractivity contribution in [2.45, 2.75) is 38.4 Å². The summed E-state index contributed by atoms with van der Waals surface area (Å²) in [6, 6.07) is 7.61. The predicted octanol–water partition coefficient (Wildman–Crippen LogP) is 1.98. The van der Waals surface area contributed by atoms with Crippen molar-refractivity contribution in [3.8, 4) is 0 Å². The Morgan fingerprint density at radius 3 is 2.82 bits per heavy atom. The van der Waals surface area contributed by atoms with Crippen molar-refractivity contribution in [3.05, 3.63) is 41.9 Å². The largest absolute Gasteiger partial charge is 0.352 e. The maximum atomic E-state index is 4.72. The van der Waals surface area contributed by atoms with Crippen molar-refractivity contribution in [2.24, 2.45) is 7.05 Å². The van der Waals surface area contributed by atoms with Crippen molar-refractivity contribution < 1.29 is 0 Å². The van der Waals surface area contributed by atoms with Crippen LogP contribution in [0, 0.1) is 6.92 Å². The number of anilines is 1. The van der Waals surface area contributed by atoms with Crippen LogP contribution in [-0.2, 0) is 13.6 Å². The number of likely N-dealkylation sites (tertiary alicyclic amines) is 1. The fourth-order valence-corrected chi connectivity index (χ4v) is 4.03. The molecular weight excluding hydrogens is 274 g/mol. The molecule has 2 aromatic rings. The monoisotopic (exact) mass is 297 g/mol. The summed E-state index contributed by atoms with van der Waals surface area (Å²) >= 11 is 0. The molecule has 0 radical (unpaired) electrons. The zero-order valence-corrected chi connectivity index (χ0v) is 13.3. The molecule has 2 saturated heterocycles. The van der Waals surface area contributed by atoms with Gasteiger partial charge in [-0.25, -0.2) is 4.98 Å². The molecule has 116 valence electrons. The molecule has 22 heavy (non-hydrogen) atoms. The summed E-state index contributed by atoms with van der Waals surface area (Å²) in [6.45, 7) is 5.38. The Bertz CT molecular complexity index is 665. The molecule has 0 saturated carbocycles. The van der Waals surface area contributed by atoms with Crippen LogP contribution in [-0.4, -0.2) is 44.8 Å². The van der Waals surface area contributed by atoms with Crippen LogP contribution in [0.3, 0.4) is 0 Å². The summed E-state index contributed by atoms with van der Waals surface area (Å²) in [5.41, 5.74) is 2.42. The second-order valence-corrected chi connectivity index (χ2v) is 6.54. The summed E-state index contributed by atoms with van der Waals surface area (Å²) in [7, 11) is 1.98. The average Bonchev–Trinajstić information content (AvgIpc) is 3.17. The highest BCUT2D eigenvalue weighted by molar-refractivity contribution is 5.43. The van der Waals surface area contributed by atoms with E-state index in [4.69, 9.17) is 4.98 Å². The zero-order valence-electron chi connectivity index (χ0n) is 13.3. The Balaban J connectivity index is 1.49. The SMILES string of the molecule is Cc1cccc(N2CCC3C2CCN3Cc2cnn(C)c2)n1. The first-order chi connectivity index (χ1) is 10.7. The van der Waals surface area contributed by atoms with Crippen molar-refractivity contribution in [3.63, 3.8) is 0 Å². The normalized spacial score (nSPS) is 24.9. The van der Waals surface area contributed by atoms with E-state index in [2.05, 4.69) is 46.2 Å². The molecule has 0 spiro atoms. The Morgan fingerprint density at radius 1 is 1.18 bits per heavy atom. The summed E-state index contributed by atoms with van der Waals surface area (Å²) < 4.78 is 1.89. The van der Waals surface area contributed by atoms with Crippen LogP contribution in [0.2, 0.25) is 0 Å².